The minimum absolute atomic E-state index is 0.227. The Morgan fingerprint density at radius 2 is 1.62 bits per heavy atom. The van der Waals surface area contributed by atoms with E-state index in [-0.39, 0.29) is 4.90 Å². The van der Waals surface area contributed by atoms with E-state index in [2.05, 4.69) is 50.4 Å². The molecule has 0 bridgehead atoms. The molecule has 21 heavy (non-hydrogen) atoms. The highest BCUT2D eigenvalue weighted by Crippen LogP contribution is 2.29. The topological polar surface area (TPSA) is 46.2 Å². The molecule has 2 rings (SSSR count). The summed E-state index contributed by atoms with van der Waals surface area (Å²) in [7, 11) is -3.59. The zero-order valence-electron chi connectivity index (χ0n) is 11.6. The van der Waals surface area contributed by atoms with Crippen molar-refractivity contribution in [3.63, 3.8) is 0 Å². The second-order valence-corrected chi connectivity index (χ2v) is 8.41. The molecule has 0 saturated carbocycles. The Morgan fingerprint density at radius 3 is 2.14 bits per heavy atom. The maximum absolute atomic E-state index is 12.3. The van der Waals surface area contributed by atoms with Crippen molar-refractivity contribution in [2.45, 2.75) is 24.7 Å². The Kier molecular flexibility index (Phi) is 5.11. The lowest BCUT2D eigenvalue weighted by molar-refractivity contribution is 0.601. The van der Waals surface area contributed by atoms with Gasteiger partial charge in [-0.2, -0.15) is 0 Å². The zero-order valence-corrected chi connectivity index (χ0v) is 15.6. The molecule has 0 fully saturated rings. The van der Waals surface area contributed by atoms with Crippen molar-refractivity contribution in [1.29, 1.82) is 0 Å². The van der Waals surface area contributed by atoms with E-state index in [0.717, 1.165) is 14.5 Å². The molecule has 1 N–H and O–H groups in total. The molecule has 0 aromatic heterocycles. The number of anilines is 1. The summed E-state index contributed by atoms with van der Waals surface area (Å²) in [4.78, 5) is 0.227. The van der Waals surface area contributed by atoms with Gasteiger partial charge in [0, 0.05) is 8.95 Å². The van der Waals surface area contributed by atoms with Gasteiger partial charge in [-0.25, -0.2) is 8.42 Å². The summed E-state index contributed by atoms with van der Waals surface area (Å²) in [6, 6.07) is 12.2. The van der Waals surface area contributed by atoms with Crippen molar-refractivity contribution in [3.05, 3.63) is 57.0 Å². The van der Waals surface area contributed by atoms with Crippen LogP contribution in [0.15, 0.2) is 56.3 Å². The van der Waals surface area contributed by atoms with Crippen LogP contribution < -0.4 is 4.72 Å². The van der Waals surface area contributed by atoms with Gasteiger partial charge in [-0.1, -0.05) is 35.8 Å². The molecule has 0 aliphatic carbocycles. The molecule has 0 heterocycles. The zero-order chi connectivity index (χ0) is 15.6. The molecular weight excluding hydrogens is 418 g/mol. The van der Waals surface area contributed by atoms with Crippen molar-refractivity contribution in [3.8, 4) is 0 Å². The SMILES string of the molecule is CC(C)c1ccc(NS(=O)(=O)c2ccc(Br)cc2)c(Br)c1. The molecule has 0 saturated heterocycles. The summed E-state index contributed by atoms with van der Waals surface area (Å²) in [5, 5.41) is 0. The molecule has 3 nitrogen and oxygen atoms in total. The van der Waals surface area contributed by atoms with Crippen LogP contribution in [0.5, 0.6) is 0 Å². The summed E-state index contributed by atoms with van der Waals surface area (Å²) in [5.41, 5.74) is 1.68. The highest BCUT2D eigenvalue weighted by molar-refractivity contribution is 9.10. The third-order valence-electron chi connectivity index (χ3n) is 3.03. The largest absolute Gasteiger partial charge is 0.278 e. The Hall–Kier alpha value is -0.850. The van der Waals surface area contributed by atoms with E-state index in [4.69, 9.17) is 0 Å². The van der Waals surface area contributed by atoms with Crippen LogP contribution in [-0.4, -0.2) is 8.42 Å². The Bertz CT molecular complexity index is 741. The van der Waals surface area contributed by atoms with Crippen LogP contribution in [0.2, 0.25) is 0 Å². The molecule has 0 amide bonds. The predicted molar refractivity (Wildman–Crippen MR) is 93.2 cm³/mol. The molecular formula is C15H15Br2NO2S. The first-order valence-corrected chi connectivity index (χ1v) is 9.44. The number of sulfonamides is 1. The molecule has 2 aromatic rings. The Balaban J connectivity index is 2.30. The van der Waals surface area contributed by atoms with Crippen molar-refractivity contribution < 1.29 is 8.42 Å². The van der Waals surface area contributed by atoms with Crippen LogP contribution in [0.1, 0.15) is 25.3 Å². The fourth-order valence-corrected chi connectivity index (χ4v) is 3.76. The van der Waals surface area contributed by atoms with Gasteiger partial charge in [0.1, 0.15) is 0 Å². The molecule has 0 radical (unpaired) electrons. The van der Waals surface area contributed by atoms with Crippen molar-refractivity contribution in [1.82, 2.24) is 0 Å². The van der Waals surface area contributed by atoms with Crippen molar-refractivity contribution in [2.24, 2.45) is 0 Å². The molecule has 6 heteroatoms. The lowest BCUT2D eigenvalue weighted by Crippen LogP contribution is -2.13. The Labute approximate surface area is 142 Å². The van der Waals surface area contributed by atoms with Crippen molar-refractivity contribution >= 4 is 47.6 Å². The second-order valence-electron chi connectivity index (χ2n) is 4.95. The molecule has 0 unspecified atom stereocenters. The van der Waals surface area contributed by atoms with Gasteiger partial charge in [0.2, 0.25) is 0 Å². The van der Waals surface area contributed by atoms with Crippen LogP contribution in [-0.2, 0) is 10.0 Å². The van der Waals surface area contributed by atoms with Crippen LogP contribution in [0, 0.1) is 0 Å². The van der Waals surface area contributed by atoms with E-state index >= 15 is 0 Å². The van der Waals surface area contributed by atoms with E-state index in [9.17, 15) is 8.42 Å². The summed E-state index contributed by atoms with van der Waals surface area (Å²) in [6.45, 7) is 4.18. The van der Waals surface area contributed by atoms with Gasteiger partial charge in [0.05, 0.1) is 10.6 Å². The summed E-state index contributed by atoms with van der Waals surface area (Å²) >= 11 is 6.71. The van der Waals surface area contributed by atoms with Gasteiger partial charge in [-0.3, -0.25) is 4.72 Å². The summed E-state index contributed by atoms with van der Waals surface area (Å²) in [6.07, 6.45) is 0. The van der Waals surface area contributed by atoms with Gasteiger partial charge in [-0.05, 0) is 63.8 Å². The third kappa shape index (κ3) is 4.08. The van der Waals surface area contributed by atoms with Gasteiger partial charge in [0.25, 0.3) is 10.0 Å². The lowest BCUT2D eigenvalue weighted by Gasteiger charge is -2.12. The van der Waals surface area contributed by atoms with Gasteiger partial charge in [-0.15, -0.1) is 0 Å². The van der Waals surface area contributed by atoms with Crippen LogP contribution >= 0.6 is 31.9 Å². The highest BCUT2D eigenvalue weighted by atomic mass is 79.9. The van der Waals surface area contributed by atoms with Gasteiger partial charge in [0.15, 0.2) is 0 Å². The summed E-state index contributed by atoms with van der Waals surface area (Å²) < 4.78 is 28.8. The fraction of sp³-hybridized carbons (Fsp3) is 0.200. The first-order chi connectivity index (χ1) is 9.79. The molecule has 0 aliphatic rings. The fourth-order valence-electron chi connectivity index (χ4n) is 1.79. The monoisotopic (exact) mass is 431 g/mol. The average Bonchev–Trinajstić information content (AvgIpc) is 2.41. The van der Waals surface area contributed by atoms with Gasteiger partial charge >= 0.3 is 0 Å². The number of rotatable bonds is 4. The third-order valence-corrected chi connectivity index (χ3v) is 5.59. The number of hydrogen-bond acceptors (Lipinski definition) is 2. The minimum atomic E-state index is -3.59. The van der Waals surface area contributed by atoms with E-state index in [1.165, 1.54) is 0 Å². The number of nitrogens with one attached hydrogen (secondary N) is 1. The first-order valence-electron chi connectivity index (χ1n) is 6.37. The van der Waals surface area contributed by atoms with E-state index in [0.29, 0.717) is 11.6 Å². The Morgan fingerprint density at radius 1 is 1.00 bits per heavy atom. The van der Waals surface area contributed by atoms with Crippen molar-refractivity contribution in [2.75, 3.05) is 4.72 Å². The summed E-state index contributed by atoms with van der Waals surface area (Å²) in [5.74, 6) is 0.387. The molecule has 0 atom stereocenters. The first kappa shape index (κ1) is 16.5. The maximum atomic E-state index is 12.3. The highest BCUT2D eigenvalue weighted by Gasteiger charge is 2.15. The second kappa shape index (κ2) is 6.50. The normalized spacial score (nSPS) is 11.7. The lowest BCUT2D eigenvalue weighted by atomic mass is 10.0. The van der Waals surface area contributed by atoms with Gasteiger partial charge < -0.3 is 0 Å². The molecule has 0 aliphatic heterocycles. The molecule has 2 aromatic carbocycles. The standard InChI is InChI=1S/C15H15Br2NO2S/c1-10(2)11-3-8-15(14(17)9-11)18-21(19,20)13-6-4-12(16)5-7-13/h3-10,18H,1-2H3. The predicted octanol–water partition coefficient (Wildman–Crippen LogP) is 5.14. The van der Waals surface area contributed by atoms with Crippen LogP contribution in [0.4, 0.5) is 5.69 Å². The van der Waals surface area contributed by atoms with E-state index in [1.807, 2.05) is 12.1 Å². The van der Waals surface area contributed by atoms with E-state index < -0.39 is 10.0 Å². The van der Waals surface area contributed by atoms with E-state index in [1.54, 1.807) is 30.3 Å². The maximum Gasteiger partial charge on any atom is 0.261 e. The minimum Gasteiger partial charge on any atom is -0.278 e. The number of hydrogen-bond donors (Lipinski definition) is 1. The van der Waals surface area contributed by atoms with Crippen LogP contribution in [0.3, 0.4) is 0 Å². The number of benzene rings is 2. The smallest absolute Gasteiger partial charge is 0.261 e. The average molecular weight is 433 g/mol. The molecule has 0 spiro atoms. The van der Waals surface area contributed by atoms with Crippen LogP contribution in [0.25, 0.3) is 0 Å². The number of halogens is 2. The quantitative estimate of drug-likeness (QED) is 0.727. The molecule has 112 valence electrons.